The number of rotatable bonds is 3. The zero-order valence-corrected chi connectivity index (χ0v) is 17.3. The predicted octanol–water partition coefficient (Wildman–Crippen LogP) is 4.19. The number of aryl methyl sites for hydroxylation is 1. The van der Waals surface area contributed by atoms with Crippen LogP contribution in [0.5, 0.6) is 11.8 Å². The lowest BCUT2D eigenvalue weighted by Crippen LogP contribution is -2.05. The lowest BCUT2D eigenvalue weighted by Gasteiger charge is -2.06. The Kier molecular flexibility index (Phi) is 4.51. The Morgan fingerprint density at radius 2 is 1.72 bits per heavy atom. The Morgan fingerprint density at radius 3 is 2.50 bits per heavy atom. The maximum atomic E-state index is 12.9. The number of hydrogen-bond acceptors (Lipinski definition) is 6. The molecule has 0 bridgehead atoms. The Balaban J connectivity index is 1.52. The number of nitrogens with zero attached hydrogens (tertiary/aromatic N) is 6. The molecule has 2 aromatic heterocycles. The smallest absolute Gasteiger partial charge is 0.279 e. The first kappa shape index (κ1) is 19.6. The van der Waals surface area contributed by atoms with Gasteiger partial charge in [-0.3, -0.25) is 9.36 Å². The van der Waals surface area contributed by atoms with Gasteiger partial charge in [-0.15, -0.1) is 15.3 Å². The number of amidine groups is 1. The molecule has 32 heavy (non-hydrogen) atoms. The molecule has 158 valence electrons. The van der Waals surface area contributed by atoms with E-state index >= 15 is 0 Å². The number of carbonyl (C=O) groups excluding carboxylic acids is 1. The molecule has 2 aromatic carbocycles. The van der Waals surface area contributed by atoms with Crippen molar-refractivity contribution in [2.45, 2.75) is 20.4 Å². The fraction of sp³-hybridized carbons (Fsp3) is 0.130. The van der Waals surface area contributed by atoms with Gasteiger partial charge in [-0.2, -0.15) is 10.1 Å². The van der Waals surface area contributed by atoms with E-state index in [1.807, 2.05) is 44.2 Å². The minimum Gasteiger partial charge on any atom is -0.494 e. The number of aromatic nitrogens is 3. The second kappa shape index (κ2) is 7.38. The molecule has 2 N–H and O–H groups in total. The molecular weight excluding hydrogens is 408 g/mol. The first-order valence-corrected chi connectivity index (χ1v) is 9.91. The number of carbonyl (C=O) groups is 1. The fourth-order valence-corrected chi connectivity index (χ4v) is 3.68. The topological polar surface area (TPSA) is 125 Å². The SMILES string of the molecule is Cc1nnc2c(c1C)C(=NC(=O)c1ccc3c(O)n(Cc4ccccc4)c(O)c3c1)N=N2. The van der Waals surface area contributed by atoms with Crippen molar-refractivity contribution in [1.29, 1.82) is 0 Å². The summed E-state index contributed by atoms with van der Waals surface area (Å²) in [6.45, 7) is 3.95. The van der Waals surface area contributed by atoms with Gasteiger partial charge in [-0.1, -0.05) is 30.3 Å². The van der Waals surface area contributed by atoms with E-state index in [-0.39, 0.29) is 29.7 Å². The van der Waals surface area contributed by atoms with Crippen LogP contribution in [0, 0.1) is 13.8 Å². The molecule has 0 aliphatic carbocycles. The van der Waals surface area contributed by atoms with Crippen LogP contribution in [0.3, 0.4) is 0 Å². The van der Waals surface area contributed by atoms with Crippen LogP contribution in [-0.4, -0.2) is 36.7 Å². The summed E-state index contributed by atoms with van der Waals surface area (Å²) in [5, 5.41) is 38.0. The van der Waals surface area contributed by atoms with Crippen molar-refractivity contribution in [2.24, 2.45) is 15.2 Å². The predicted molar refractivity (Wildman–Crippen MR) is 118 cm³/mol. The van der Waals surface area contributed by atoms with E-state index in [0.717, 1.165) is 11.1 Å². The minimum absolute atomic E-state index is 0.0742. The molecule has 0 saturated carbocycles. The first-order chi connectivity index (χ1) is 15.4. The van der Waals surface area contributed by atoms with Gasteiger partial charge in [0.25, 0.3) is 5.91 Å². The van der Waals surface area contributed by atoms with E-state index in [9.17, 15) is 15.0 Å². The Labute approximate surface area is 182 Å². The van der Waals surface area contributed by atoms with E-state index in [4.69, 9.17) is 0 Å². The maximum absolute atomic E-state index is 12.9. The van der Waals surface area contributed by atoms with E-state index in [0.29, 0.717) is 27.8 Å². The van der Waals surface area contributed by atoms with Crippen molar-refractivity contribution in [3.8, 4) is 11.8 Å². The third-order valence-electron chi connectivity index (χ3n) is 5.55. The molecule has 3 heterocycles. The molecule has 0 saturated heterocycles. The molecule has 9 nitrogen and oxygen atoms in total. The summed E-state index contributed by atoms with van der Waals surface area (Å²) in [6, 6.07) is 14.1. The van der Waals surface area contributed by atoms with E-state index in [1.54, 1.807) is 12.1 Å². The minimum atomic E-state index is -0.544. The van der Waals surface area contributed by atoms with Gasteiger partial charge in [0.1, 0.15) is 0 Å². The molecule has 1 amide bonds. The highest BCUT2D eigenvalue weighted by Crippen LogP contribution is 2.37. The van der Waals surface area contributed by atoms with Crippen LogP contribution in [0.4, 0.5) is 5.82 Å². The van der Waals surface area contributed by atoms with Crippen LogP contribution in [0.15, 0.2) is 63.8 Å². The van der Waals surface area contributed by atoms with Gasteiger partial charge in [0.05, 0.1) is 17.8 Å². The standard InChI is InChI=1S/C23H18N6O3/c1-12-13(2)25-27-20-18(12)19(26-28-20)24-21(30)15-8-9-16-17(10-15)23(32)29(22(16)31)11-14-6-4-3-5-7-14/h3-10,31-32H,11H2,1-2H3. The fourth-order valence-electron chi connectivity index (χ4n) is 3.68. The van der Waals surface area contributed by atoms with Crippen molar-refractivity contribution >= 4 is 28.3 Å². The van der Waals surface area contributed by atoms with Gasteiger partial charge in [0, 0.05) is 16.3 Å². The van der Waals surface area contributed by atoms with Crippen LogP contribution in [0.2, 0.25) is 0 Å². The molecular formula is C23H18N6O3. The summed E-state index contributed by atoms with van der Waals surface area (Å²) in [4.78, 5) is 17.0. The summed E-state index contributed by atoms with van der Waals surface area (Å²) >= 11 is 0. The highest BCUT2D eigenvalue weighted by atomic mass is 16.3. The Bertz CT molecular complexity index is 1450. The first-order valence-electron chi connectivity index (χ1n) is 9.91. The van der Waals surface area contributed by atoms with Crippen LogP contribution >= 0.6 is 0 Å². The Hall–Kier alpha value is -4.40. The number of azo groups is 1. The number of aliphatic imine (C=N–C) groups is 1. The number of amides is 1. The average molecular weight is 426 g/mol. The molecule has 4 aromatic rings. The second-order valence-corrected chi connectivity index (χ2v) is 7.53. The summed E-state index contributed by atoms with van der Waals surface area (Å²) in [5.74, 6) is -0.242. The molecule has 0 fully saturated rings. The normalized spacial score (nSPS) is 13.8. The van der Waals surface area contributed by atoms with E-state index in [2.05, 4.69) is 25.4 Å². The quantitative estimate of drug-likeness (QED) is 0.508. The van der Waals surface area contributed by atoms with Crippen molar-refractivity contribution in [3.05, 3.63) is 76.5 Å². The summed E-state index contributed by atoms with van der Waals surface area (Å²) in [6.07, 6.45) is 0. The molecule has 0 spiro atoms. The van der Waals surface area contributed by atoms with Gasteiger partial charge in [0.15, 0.2) is 5.84 Å². The van der Waals surface area contributed by atoms with Crippen LogP contribution in [0.25, 0.3) is 10.8 Å². The maximum Gasteiger partial charge on any atom is 0.279 e. The number of fused-ring (bicyclic) bond motifs is 2. The zero-order valence-electron chi connectivity index (χ0n) is 17.3. The van der Waals surface area contributed by atoms with Crippen LogP contribution in [0.1, 0.15) is 32.7 Å². The Morgan fingerprint density at radius 1 is 0.969 bits per heavy atom. The largest absolute Gasteiger partial charge is 0.494 e. The summed E-state index contributed by atoms with van der Waals surface area (Å²) in [5.41, 5.74) is 3.26. The highest BCUT2D eigenvalue weighted by Gasteiger charge is 2.24. The van der Waals surface area contributed by atoms with Crippen molar-refractivity contribution in [2.75, 3.05) is 0 Å². The lowest BCUT2D eigenvalue weighted by atomic mass is 10.1. The van der Waals surface area contributed by atoms with Gasteiger partial charge in [-0.25, -0.2) is 0 Å². The molecule has 9 heteroatoms. The van der Waals surface area contributed by atoms with Gasteiger partial charge in [0.2, 0.25) is 17.6 Å². The van der Waals surface area contributed by atoms with E-state index < -0.39 is 5.91 Å². The highest BCUT2D eigenvalue weighted by molar-refractivity contribution is 6.14. The molecule has 5 rings (SSSR count). The number of benzene rings is 2. The molecule has 0 radical (unpaired) electrons. The van der Waals surface area contributed by atoms with Gasteiger partial charge >= 0.3 is 0 Å². The number of aromatic hydroxyl groups is 2. The summed E-state index contributed by atoms with van der Waals surface area (Å²) in [7, 11) is 0. The second-order valence-electron chi connectivity index (χ2n) is 7.53. The van der Waals surface area contributed by atoms with Crippen LogP contribution < -0.4 is 0 Å². The van der Waals surface area contributed by atoms with E-state index in [1.165, 1.54) is 10.6 Å². The third kappa shape index (κ3) is 3.11. The lowest BCUT2D eigenvalue weighted by molar-refractivity contribution is 0.100. The number of hydrogen-bond donors (Lipinski definition) is 2. The molecule has 0 unspecified atom stereocenters. The third-order valence-corrected chi connectivity index (χ3v) is 5.55. The molecule has 1 aliphatic rings. The average Bonchev–Trinajstić information content (AvgIpc) is 3.31. The van der Waals surface area contributed by atoms with Crippen molar-refractivity contribution < 1.29 is 15.0 Å². The van der Waals surface area contributed by atoms with Gasteiger partial charge < -0.3 is 10.2 Å². The van der Waals surface area contributed by atoms with Gasteiger partial charge in [-0.05, 0) is 43.2 Å². The van der Waals surface area contributed by atoms with Crippen LogP contribution in [-0.2, 0) is 6.54 Å². The van der Waals surface area contributed by atoms with Crippen molar-refractivity contribution in [1.82, 2.24) is 14.8 Å². The summed E-state index contributed by atoms with van der Waals surface area (Å²) < 4.78 is 1.40. The monoisotopic (exact) mass is 426 g/mol. The van der Waals surface area contributed by atoms with Crippen molar-refractivity contribution in [3.63, 3.8) is 0 Å². The zero-order chi connectivity index (χ0) is 22.4. The molecule has 1 aliphatic heterocycles. The molecule has 0 atom stereocenters.